The van der Waals surface area contributed by atoms with Crippen molar-refractivity contribution in [2.24, 2.45) is 5.73 Å². The van der Waals surface area contributed by atoms with Gasteiger partial charge in [0.15, 0.2) is 0 Å². The highest BCUT2D eigenvalue weighted by Crippen LogP contribution is 2.21. The molecular weight excluding hydrogens is 192 g/mol. The van der Waals surface area contributed by atoms with Gasteiger partial charge in [-0.1, -0.05) is 12.1 Å². The lowest BCUT2D eigenvalue weighted by molar-refractivity contribution is 0.141. The number of nitrogen functional groups attached to an aromatic ring is 1. The molecule has 3 N–H and O–H groups in total. The Morgan fingerprint density at radius 2 is 2.27 bits per heavy atom. The van der Waals surface area contributed by atoms with Gasteiger partial charge in [-0.3, -0.25) is 5.41 Å². The number of amidine groups is 1. The summed E-state index contributed by atoms with van der Waals surface area (Å²) in [4.78, 5) is 0. The van der Waals surface area contributed by atoms with Crippen LogP contribution < -0.4 is 10.5 Å². The van der Waals surface area contributed by atoms with Gasteiger partial charge in [-0.25, -0.2) is 0 Å². The molecule has 4 heteroatoms. The lowest BCUT2D eigenvalue weighted by Gasteiger charge is -2.14. The standard InChI is InChI=1S/C11H14N2O2/c12-11(13)9-3-1-2-4-10(9)15-8-5-6-14-7-8/h1-4,8H,5-7H2,(H3,12,13). The van der Waals surface area contributed by atoms with Gasteiger partial charge < -0.3 is 15.2 Å². The minimum absolute atomic E-state index is 0.0320. The Kier molecular flexibility index (Phi) is 2.87. The molecule has 1 atom stereocenters. The molecular formula is C11H14N2O2. The lowest BCUT2D eigenvalue weighted by Crippen LogP contribution is -2.19. The number of rotatable bonds is 3. The van der Waals surface area contributed by atoms with E-state index in [9.17, 15) is 0 Å². The fourth-order valence-electron chi connectivity index (χ4n) is 1.58. The van der Waals surface area contributed by atoms with Gasteiger partial charge in [-0.2, -0.15) is 0 Å². The number of hydrogen-bond donors (Lipinski definition) is 2. The quantitative estimate of drug-likeness (QED) is 0.575. The molecule has 1 heterocycles. The van der Waals surface area contributed by atoms with E-state index in [2.05, 4.69) is 0 Å². The van der Waals surface area contributed by atoms with Crippen LogP contribution >= 0.6 is 0 Å². The molecule has 0 aromatic heterocycles. The highest BCUT2D eigenvalue weighted by molar-refractivity contribution is 5.97. The van der Waals surface area contributed by atoms with Crippen molar-refractivity contribution < 1.29 is 9.47 Å². The highest BCUT2D eigenvalue weighted by Gasteiger charge is 2.18. The van der Waals surface area contributed by atoms with E-state index in [1.807, 2.05) is 18.2 Å². The number of nitrogens with one attached hydrogen (secondary N) is 1. The third-order valence-electron chi connectivity index (χ3n) is 2.36. The zero-order valence-electron chi connectivity index (χ0n) is 8.40. The molecule has 0 aliphatic carbocycles. The lowest BCUT2D eigenvalue weighted by atomic mass is 10.2. The molecule has 0 amide bonds. The Labute approximate surface area is 88.5 Å². The Morgan fingerprint density at radius 1 is 1.47 bits per heavy atom. The van der Waals surface area contributed by atoms with Gasteiger partial charge in [0, 0.05) is 6.42 Å². The van der Waals surface area contributed by atoms with Crippen LogP contribution in [0.5, 0.6) is 5.75 Å². The molecule has 0 bridgehead atoms. The first kappa shape index (κ1) is 9.98. The van der Waals surface area contributed by atoms with Crippen LogP contribution in [0.4, 0.5) is 0 Å². The van der Waals surface area contributed by atoms with Crippen LogP contribution in [-0.4, -0.2) is 25.2 Å². The molecule has 0 radical (unpaired) electrons. The Hall–Kier alpha value is -1.55. The van der Waals surface area contributed by atoms with Gasteiger partial charge in [-0.15, -0.1) is 0 Å². The van der Waals surface area contributed by atoms with Crippen LogP contribution in [0.2, 0.25) is 0 Å². The van der Waals surface area contributed by atoms with Crippen molar-refractivity contribution in [1.82, 2.24) is 0 Å². The van der Waals surface area contributed by atoms with E-state index in [1.54, 1.807) is 6.07 Å². The van der Waals surface area contributed by atoms with E-state index < -0.39 is 0 Å². The van der Waals surface area contributed by atoms with Crippen LogP contribution in [0.3, 0.4) is 0 Å². The van der Waals surface area contributed by atoms with E-state index in [4.69, 9.17) is 20.6 Å². The van der Waals surface area contributed by atoms with Gasteiger partial charge in [0.1, 0.15) is 17.7 Å². The summed E-state index contributed by atoms with van der Waals surface area (Å²) in [5, 5.41) is 7.42. The van der Waals surface area contributed by atoms with Gasteiger partial charge in [-0.05, 0) is 12.1 Å². The molecule has 2 rings (SSSR count). The number of para-hydroxylation sites is 1. The zero-order chi connectivity index (χ0) is 10.7. The topological polar surface area (TPSA) is 68.3 Å². The van der Waals surface area contributed by atoms with E-state index in [0.717, 1.165) is 13.0 Å². The molecule has 0 spiro atoms. The van der Waals surface area contributed by atoms with Crippen molar-refractivity contribution in [2.75, 3.05) is 13.2 Å². The van der Waals surface area contributed by atoms with E-state index in [1.165, 1.54) is 0 Å². The molecule has 80 valence electrons. The molecule has 1 aromatic rings. The van der Waals surface area contributed by atoms with E-state index in [0.29, 0.717) is 17.9 Å². The fraction of sp³-hybridized carbons (Fsp3) is 0.364. The first-order valence-electron chi connectivity index (χ1n) is 4.95. The average Bonchev–Trinajstić information content (AvgIpc) is 2.71. The molecule has 0 saturated carbocycles. The Bertz CT molecular complexity index is 359. The molecule has 1 saturated heterocycles. The largest absolute Gasteiger partial charge is 0.487 e. The number of benzene rings is 1. The molecule has 1 aliphatic rings. The maximum Gasteiger partial charge on any atom is 0.130 e. The minimum atomic E-state index is 0.0320. The van der Waals surface area contributed by atoms with Crippen molar-refractivity contribution in [1.29, 1.82) is 5.41 Å². The normalized spacial score (nSPS) is 20.1. The molecule has 1 aromatic carbocycles. The van der Waals surface area contributed by atoms with Crippen molar-refractivity contribution in [3.63, 3.8) is 0 Å². The smallest absolute Gasteiger partial charge is 0.130 e. The van der Waals surface area contributed by atoms with Gasteiger partial charge in [0.05, 0.1) is 18.8 Å². The fourth-order valence-corrected chi connectivity index (χ4v) is 1.58. The Morgan fingerprint density at radius 3 is 2.93 bits per heavy atom. The first-order chi connectivity index (χ1) is 7.27. The van der Waals surface area contributed by atoms with Crippen LogP contribution in [0, 0.1) is 5.41 Å². The second-order valence-corrected chi connectivity index (χ2v) is 3.51. The summed E-state index contributed by atoms with van der Waals surface area (Å²) in [5.41, 5.74) is 6.10. The monoisotopic (exact) mass is 206 g/mol. The summed E-state index contributed by atoms with van der Waals surface area (Å²) in [6, 6.07) is 7.33. The molecule has 1 aliphatic heterocycles. The second-order valence-electron chi connectivity index (χ2n) is 3.51. The van der Waals surface area contributed by atoms with Gasteiger partial charge in [0.25, 0.3) is 0 Å². The summed E-state index contributed by atoms with van der Waals surface area (Å²) >= 11 is 0. The minimum Gasteiger partial charge on any atom is -0.487 e. The van der Waals surface area contributed by atoms with Crippen molar-refractivity contribution >= 4 is 5.84 Å². The highest BCUT2D eigenvalue weighted by atomic mass is 16.5. The second kappa shape index (κ2) is 4.31. The van der Waals surface area contributed by atoms with Crippen LogP contribution in [0.15, 0.2) is 24.3 Å². The van der Waals surface area contributed by atoms with Gasteiger partial charge in [0.2, 0.25) is 0 Å². The SMILES string of the molecule is N=C(N)c1ccccc1OC1CCOC1. The summed E-state index contributed by atoms with van der Waals surface area (Å²) in [7, 11) is 0. The summed E-state index contributed by atoms with van der Waals surface area (Å²) in [6.07, 6.45) is 0.984. The predicted molar refractivity (Wildman–Crippen MR) is 57.3 cm³/mol. The maximum absolute atomic E-state index is 7.42. The summed E-state index contributed by atoms with van der Waals surface area (Å²) < 4.78 is 10.9. The zero-order valence-corrected chi connectivity index (χ0v) is 8.40. The van der Waals surface area contributed by atoms with Crippen molar-refractivity contribution in [3.05, 3.63) is 29.8 Å². The van der Waals surface area contributed by atoms with Crippen molar-refractivity contribution in [3.8, 4) is 5.75 Å². The summed E-state index contributed by atoms with van der Waals surface area (Å²) in [6.45, 7) is 1.36. The van der Waals surface area contributed by atoms with Gasteiger partial charge >= 0.3 is 0 Å². The van der Waals surface area contributed by atoms with Crippen molar-refractivity contribution in [2.45, 2.75) is 12.5 Å². The van der Waals surface area contributed by atoms with E-state index in [-0.39, 0.29) is 11.9 Å². The maximum atomic E-state index is 7.42. The van der Waals surface area contributed by atoms with Crippen LogP contribution in [0.1, 0.15) is 12.0 Å². The Balaban J connectivity index is 2.15. The van der Waals surface area contributed by atoms with E-state index >= 15 is 0 Å². The molecule has 4 nitrogen and oxygen atoms in total. The number of nitrogens with two attached hydrogens (primary N) is 1. The number of hydrogen-bond acceptors (Lipinski definition) is 3. The molecule has 1 fully saturated rings. The third kappa shape index (κ3) is 2.27. The molecule has 15 heavy (non-hydrogen) atoms. The van der Waals surface area contributed by atoms with Crippen LogP contribution in [-0.2, 0) is 4.74 Å². The van der Waals surface area contributed by atoms with Crippen LogP contribution in [0.25, 0.3) is 0 Å². The third-order valence-corrected chi connectivity index (χ3v) is 2.36. The summed E-state index contributed by atoms with van der Waals surface area (Å²) in [5.74, 6) is 0.699. The first-order valence-corrected chi connectivity index (χ1v) is 4.95. The number of ether oxygens (including phenoxy) is 2. The predicted octanol–water partition coefficient (Wildman–Crippen LogP) is 1.14. The average molecular weight is 206 g/mol. The molecule has 1 unspecified atom stereocenters.